The lowest BCUT2D eigenvalue weighted by Crippen LogP contribution is -2.48. The van der Waals surface area contributed by atoms with Gasteiger partial charge in [-0.3, -0.25) is 4.79 Å². The zero-order chi connectivity index (χ0) is 14.8. The van der Waals surface area contributed by atoms with Crippen LogP contribution in [0.5, 0.6) is 11.5 Å². The summed E-state index contributed by atoms with van der Waals surface area (Å²) in [6, 6.07) is 3.25. The lowest BCUT2D eigenvalue weighted by atomic mass is 9.75. The Morgan fingerprint density at radius 3 is 2.50 bits per heavy atom. The van der Waals surface area contributed by atoms with Gasteiger partial charge in [0.25, 0.3) is 0 Å². The van der Waals surface area contributed by atoms with Crippen molar-refractivity contribution in [3.8, 4) is 11.5 Å². The SMILES string of the molecule is COc1cc(OC)c(NC(=O)CC2(N)CCC2)cc1Cl. The van der Waals surface area contributed by atoms with E-state index >= 15 is 0 Å². The van der Waals surface area contributed by atoms with Crippen molar-refractivity contribution in [2.24, 2.45) is 5.73 Å². The molecule has 110 valence electrons. The van der Waals surface area contributed by atoms with E-state index in [0.717, 1.165) is 19.3 Å². The number of rotatable bonds is 5. The van der Waals surface area contributed by atoms with Gasteiger partial charge in [0.15, 0.2) is 0 Å². The molecule has 3 N–H and O–H groups in total. The molecule has 1 aromatic carbocycles. The Kier molecular flexibility index (Phi) is 4.40. The molecule has 1 aliphatic carbocycles. The summed E-state index contributed by atoms with van der Waals surface area (Å²) in [7, 11) is 3.04. The molecule has 0 saturated heterocycles. The standard InChI is InChI=1S/C14H19ClN2O3/c1-19-11-7-12(20-2)10(6-9(11)15)17-13(18)8-14(16)4-3-5-14/h6-7H,3-5,8,16H2,1-2H3,(H,17,18). The fourth-order valence-electron chi connectivity index (χ4n) is 2.28. The molecule has 1 saturated carbocycles. The molecule has 1 amide bonds. The minimum Gasteiger partial charge on any atom is -0.495 e. The van der Waals surface area contributed by atoms with Crippen LogP contribution in [0.4, 0.5) is 5.69 Å². The van der Waals surface area contributed by atoms with E-state index in [1.807, 2.05) is 0 Å². The second-order valence-electron chi connectivity index (χ2n) is 5.13. The predicted molar refractivity (Wildman–Crippen MR) is 78.6 cm³/mol. The summed E-state index contributed by atoms with van der Waals surface area (Å²) in [5.74, 6) is 0.863. The van der Waals surface area contributed by atoms with Gasteiger partial charge in [0, 0.05) is 18.0 Å². The lowest BCUT2D eigenvalue weighted by Gasteiger charge is -2.37. The molecular weight excluding hydrogens is 280 g/mol. The van der Waals surface area contributed by atoms with Crippen molar-refractivity contribution in [2.45, 2.75) is 31.2 Å². The Bertz CT molecular complexity index is 515. The van der Waals surface area contributed by atoms with Gasteiger partial charge in [-0.2, -0.15) is 0 Å². The summed E-state index contributed by atoms with van der Waals surface area (Å²) in [6.45, 7) is 0. The second kappa shape index (κ2) is 5.89. The molecule has 0 spiro atoms. The maximum absolute atomic E-state index is 12.0. The predicted octanol–water partition coefficient (Wildman–Crippen LogP) is 2.57. The molecule has 0 unspecified atom stereocenters. The monoisotopic (exact) mass is 298 g/mol. The van der Waals surface area contributed by atoms with Gasteiger partial charge in [-0.15, -0.1) is 0 Å². The molecule has 0 heterocycles. The second-order valence-corrected chi connectivity index (χ2v) is 5.54. The van der Waals surface area contributed by atoms with Crippen LogP contribution in [0.15, 0.2) is 12.1 Å². The van der Waals surface area contributed by atoms with Gasteiger partial charge in [-0.05, 0) is 25.3 Å². The number of nitrogens with two attached hydrogens (primary N) is 1. The van der Waals surface area contributed by atoms with E-state index in [-0.39, 0.29) is 11.4 Å². The number of nitrogens with one attached hydrogen (secondary N) is 1. The van der Waals surface area contributed by atoms with Crippen LogP contribution >= 0.6 is 11.6 Å². The van der Waals surface area contributed by atoms with Crippen LogP contribution in [0.2, 0.25) is 5.02 Å². The van der Waals surface area contributed by atoms with Crippen LogP contribution in [0.25, 0.3) is 0 Å². The maximum Gasteiger partial charge on any atom is 0.226 e. The molecule has 6 heteroatoms. The molecule has 1 aromatic rings. The Morgan fingerprint density at radius 2 is 2.00 bits per heavy atom. The van der Waals surface area contributed by atoms with E-state index in [9.17, 15) is 4.79 Å². The van der Waals surface area contributed by atoms with E-state index in [1.54, 1.807) is 12.1 Å². The fourth-order valence-corrected chi connectivity index (χ4v) is 2.52. The number of methoxy groups -OCH3 is 2. The van der Waals surface area contributed by atoms with Crippen LogP contribution in [0.1, 0.15) is 25.7 Å². The van der Waals surface area contributed by atoms with Crippen molar-refractivity contribution in [1.29, 1.82) is 0 Å². The first kappa shape index (κ1) is 14.9. The third-order valence-corrected chi connectivity index (χ3v) is 3.91. The third kappa shape index (κ3) is 3.16. The molecule has 2 rings (SSSR count). The number of ether oxygens (including phenoxy) is 2. The number of carbonyl (C=O) groups excluding carboxylic acids is 1. The van der Waals surface area contributed by atoms with Crippen LogP contribution < -0.4 is 20.5 Å². The van der Waals surface area contributed by atoms with Gasteiger partial charge in [-0.25, -0.2) is 0 Å². The minimum atomic E-state index is -0.354. The summed E-state index contributed by atoms with van der Waals surface area (Å²) >= 11 is 6.06. The zero-order valence-corrected chi connectivity index (χ0v) is 12.4. The Balaban J connectivity index is 2.11. The van der Waals surface area contributed by atoms with Crippen LogP contribution in [0.3, 0.4) is 0 Å². The summed E-state index contributed by atoms with van der Waals surface area (Å²) in [5, 5.41) is 3.21. The van der Waals surface area contributed by atoms with Crippen LogP contribution in [-0.2, 0) is 4.79 Å². The average molecular weight is 299 g/mol. The van der Waals surface area contributed by atoms with Gasteiger partial charge < -0.3 is 20.5 Å². The number of anilines is 1. The number of amides is 1. The van der Waals surface area contributed by atoms with Crippen molar-refractivity contribution in [1.82, 2.24) is 0 Å². The number of hydrogen-bond acceptors (Lipinski definition) is 4. The van der Waals surface area contributed by atoms with E-state index in [4.69, 9.17) is 26.8 Å². The zero-order valence-electron chi connectivity index (χ0n) is 11.7. The Hall–Kier alpha value is -1.46. The number of halogens is 1. The van der Waals surface area contributed by atoms with E-state index in [0.29, 0.717) is 28.6 Å². The van der Waals surface area contributed by atoms with Crippen molar-refractivity contribution in [2.75, 3.05) is 19.5 Å². The van der Waals surface area contributed by atoms with Gasteiger partial charge in [-0.1, -0.05) is 11.6 Å². The average Bonchev–Trinajstić information content (AvgIpc) is 2.37. The van der Waals surface area contributed by atoms with Gasteiger partial charge in [0.1, 0.15) is 11.5 Å². The molecular formula is C14H19ClN2O3. The smallest absolute Gasteiger partial charge is 0.226 e. The van der Waals surface area contributed by atoms with Gasteiger partial charge in [0.05, 0.1) is 24.9 Å². The molecule has 0 aromatic heterocycles. The normalized spacial score (nSPS) is 16.2. The van der Waals surface area contributed by atoms with Gasteiger partial charge in [0.2, 0.25) is 5.91 Å². The van der Waals surface area contributed by atoms with Crippen molar-refractivity contribution >= 4 is 23.2 Å². The largest absolute Gasteiger partial charge is 0.495 e. The highest BCUT2D eigenvalue weighted by Gasteiger charge is 2.34. The molecule has 20 heavy (non-hydrogen) atoms. The van der Waals surface area contributed by atoms with E-state index < -0.39 is 0 Å². The van der Waals surface area contributed by atoms with E-state index in [1.165, 1.54) is 14.2 Å². The van der Waals surface area contributed by atoms with Crippen LogP contribution in [-0.4, -0.2) is 25.7 Å². The summed E-state index contributed by atoms with van der Waals surface area (Å²) < 4.78 is 10.3. The number of hydrogen-bond donors (Lipinski definition) is 2. The molecule has 0 atom stereocenters. The van der Waals surface area contributed by atoms with Crippen LogP contribution in [0, 0.1) is 0 Å². The number of benzene rings is 1. The first-order chi connectivity index (χ1) is 9.47. The first-order valence-electron chi connectivity index (χ1n) is 6.48. The van der Waals surface area contributed by atoms with Gasteiger partial charge >= 0.3 is 0 Å². The quantitative estimate of drug-likeness (QED) is 0.876. The molecule has 1 aliphatic rings. The summed E-state index contributed by atoms with van der Waals surface area (Å²) in [5.41, 5.74) is 6.23. The lowest BCUT2D eigenvalue weighted by molar-refractivity contribution is -0.118. The fraction of sp³-hybridized carbons (Fsp3) is 0.500. The Labute approximate surface area is 123 Å². The molecule has 0 radical (unpaired) electrons. The summed E-state index contributed by atoms with van der Waals surface area (Å²) in [4.78, 5) is 12.0. The highest BCUT2D eigenvalue weighted by atomic mass is 35.5. The highest BCUT2D eigenvalue weighted by molar-refractivity contribution is 6.32. The third-order valence-electron chi connectivity index (χ3n) is 3.61. The van der Waals surface area contributed by atoms with Crippen molar-refractivity contribution < 1.29 is 14.3 Å². The Morgan fingerprint density at radius 1 is 1.35 bits per heavy atom. The topological polar surface area (TPSA) is 73.6 Å². The first-order valence-corrected chi connectivity index (χ1v) is 6.85. The maximum atomic E-state index is 12.0. The van der Waals surface area contributed by atoms with Crippen molar-refractivity contribution in [3.05, 3.63) is 17.2 Å². The highest BCUT2D eigenvalue weighted by Crippen LogP contribution is 2.37. The molecule has 0 aliphatic heterocycles. The molecule has 0 bridgehead atoms. The summed E-state index contributed by atoms with van der Waals surface area (Å²) in [6.07, 6.45) is 3.17. The van der Waals surface area contributed by atoms with Crippen molar-refractivity contribution in [3.63, 3.8) is 0 Å². The molecule has 1 fully saturated rings. The molecule has 5 nitrogen and oxygen atoms in total. The number of carbonyl (C=O) groups is 1. The van der Waals surface area contributed by atoms with E-state index in [2.05, 4.69) is 5.32 Å². The minimum absolute atomic E-state index is 0.133.